The first-order valence-corrected chi connectivity index (χ1v) is 6.53. The maximum absolute atomic E-state index is 11.5. The first kappa shape index (κ1) is 14.4. The van der Waals surface area contributed by atoms with E-state index < -0.39 is 18.0 Å². The Kier molecular flexibility index (Phi) is 5.57. The van der Waals surface area contributed by atoms with Gasteiger partial charge in [-0.3, -0.25) is 0 Å². The molecule has 6 nitrogen and oxygen atoms in total. The van der Waals surface area contributed by atoms with Crippen LogP contribution in [0, 0.1) is 6.92 Å². The summed E-state index contributed by atoms with van der Waals surface area (Å²) in [7, 11) is 0. The first-order valence-electron chi connectivity index (χ1n) is 5.71. The molecule has 0 saturated heterocycles. The molecule has 1 rings (SSSR count). The molecule has 0 bridgehead atoms. The number of aliphatic carboxylic acids is 1. The Morgan fingerprint density at radius 1 is 1.56 bits per heavy atom. The summed E-state index contributed by atoms with van der Waals surface area (Å²) in [6.45, 7) is 4.11. The lowest BCUT2D eigenvalue weighted by molar-refractivity contribution is -0.139. The Bertz CT molecular complexity index is 419. The Balaban J connectivity index is 2.38. The number of aromatic nitrogens is 1. The average molecular weight is 271 g/mol. The van der Waals surface area contributed by atoms with Gasteiger partial charge in [-0.1, -0.05) is 13.3 Å². The highest BCUT2D eigenvalue weighted by Crippen LogP contribution is 2.10. The van der Waals surface area contributed by atoms with Gasteiger partial charge in [0.1, 0.15) is 11.0 Å². The maximum Gasteiger partial charge on any atom is 0.326 e. The molecule has 1 aromatic rings. The van der Waals surface area contributed by atoms with Crippen LogP contribution in [0.5, 0.6) is 0 Å². The number of nitrogens with one attached hydrogen (secondary N) is 2. The minimum absolute atomic E-state index is 0.308. The van der Waals surface area contributed by atoms with E-state index in [9.17, 15) is 9.59 Å². The van der Waals surface area contributed by atoms with Crippen LogP contribution in [0.4, 0.5) is 4.79 Å². The van der Waals surface area contributed by atoms with E-state index in [4.69, 9.17) is 5.11 Å². The number of carboxylic acids is 1. The summed E-state index contributed by atoms with van der Waals surface area (Å²) in [5.41, 5.74) is 0. The minimum atomic E-state index is -1.02. The smallest absolute Gasteiger partial charge is 0.326 e. The highest BCUT2D eigenvalue weighted by atomic mass is 32.1. The van der Waals surface area contributed by atoms with Gasteiger partial charge in [0.05, 0.1) is 6.54 Å². The lowest BCUT2D eigenvalue weighted by Gasteiger charge is -2.13. The molecule has 0 unspecified atom stereocenters. The first-order chi connectivity index (χ1) is 8.52. The average Bonchev–Trinajstić information content (AvgIpc) is 2.72. The summed E-state index contributed by atoms with van der Waals surface area (Å²) in [6, 6.07) is -1.32. The standard InChI is InChI=1S/C11H17N3O3S/c1-3-4-8(10(15)16)14-11(17)13-6-9-12-5-7(2)18-9/h5,8H,3-4,6H2,1-2H3,(H,15,16)(H2,13,14,17)/t8-/m0/s1. The van der Waals surface area contributed by atoms with Gasteiger partial charge in [0.25, 0.3) is 0 Å². The SMILES string of the molecule is CCC[C@H](NC(=O)NCc1ncc(C)s1)C(=O)O. The van der Waals surface area contributed by atoms with E-state index in [0.29, 0.717) is 19.4 Å². The number of nitrogens with zero attached hydrogens (tertiary/aromatic N) is 1. The second kappa shape index (κ2) is 6.95. The highest BCUT2D eigenvalue weighted by molar-refractivity contribution is 7.11. The molecule has 18 heavy (non-hydrogen) atoms. The van der Waals surface area contributed by atoms with E-state index in [1.165, 1.54) is 11.3 Å². The third-order valence-corrected chi connectivity index (χ3v) is 3.16. The quantitative estimate of drug-likeness (QED) is 0.731. The molecule has 0 aromatic carbocycles. The fourth-order valence-corrected chi connectivity index (χ4v) is 2.12. The molecular weight excluding hydrogens is 254 g/mol. The van der Waals surface area contributed by atoms with Gasteiger partial charge in [-0.2, -0.15) is 0 Å². The lowest BCUT2D eigenvalue weighted by atomic mass is 10.2. The normalized spacial score (nSPS) is 11.9. The predicted octanol–water partition coefficient (Wildman–Crippen LogP) is 1.50. The number of carboxylic acid groups (broad SMARTS) is 1. The number of thiazole rings is 1. The summed E-state index contributed by atoms with van der Waals surface area (Å²) in [4.78, 5) is 27.5. The van der Waals surface area contributed by atoms with E-state index in [1.807, 2.05) is 13.8 Å². The molecule has 0 aliphatic rings. The van der Waals surface area contributed by atoms with Crippen molar-refractivity contribution in [3.63, 3.8) is 0 Å². The minimum Gasteiger partial charge on any atom is -0.480 e. The second-order valence-electron chi connectivity index (χ2n) is 3.87. The molecule has 0 fully saturated rings. The molecule has 3 N–H and O–H groups in total. The third kappa shape index (κ3) is 4.70. The summed E-state index contributed by atoms with van der Waals surface area (Å²) in [5, 5.41) is 14.7. The monoisotopic (exact) mass is 271 g/mol. The zero-order chi connectivity index (χ0) is 13.5. The Hall–Kier alpha value is -1.63. The molecule has 0 saturated carbocycles. The van der Waals surface area contributed by atoms with Gasteiger partial charge in [-0.15, -0.1) is 11.3 Å². The van der Waals surface area contributed by atoms with E-state index >= 15 is 0 Å². The van der Waals surface area contributed by atoms with Crippen molar-refractivity contribution >= 4 is 23.3 Å². The van der Waals surface area contributed by atoms with Crippen LogP contribution < -0.4 is 10.6 Å². The highest BCUT2D eigenvalue weighted by Gasteiger charge is 2.18. The Morgan fingerprint density at radius 2 is 2.28 bits per heavy atom. The van der Waals surface area contributed by atoms with Gasteiger partial charge in [-0.05, 0) is 13.3 Å². The van der Waals surface area contributed by atoms with Crippen LogP contribution in [0.15, 0.2) is 6.20 Å². The molecule has 7 heteroatoms. The fraction of sp³-hybridized carbons (Fsp3) is 0.545. The third-order valence-electron chi connectivity index (χ3n) is 2.25. The van der Waals surface area contributed by atoms with Crippen LogP contribution in [0.25, 0.3) is 0 Å². The molecule has 1 heterocycles. The van der Waals surface area contributed by atoms with Crippen molar-refractivity contribution in [1.82, 2.24) is 15.6 Å². The Labute approximate surface area is 109 Å². The van der Waals surface area contributed by atoms with Gasteiger partial charge >= 0.3 is 12.0 Å². The van der Waals surface area contributed by atoms with Crippen LogP contribution in [0.1, 0.15) is 29.7 Å². The number of rotatable bonds is 6. The van der Waals surface area contributed by atoms with E-state index in [0.717, 1.165) is 9.88 Å². The summed E-state index contributed by atoms with van der Waals surface area (Å²) < 4.78 is 0. The zero-order valence-corrected chi connectivity index (χ0v) is 11.2. The predicted molar refractivity (Wildman–Crippen MR) is 68.6 cm³/mol. The molecule has 0 aliphatic heterocycles. The number of aryl methyl sites for hydroxylation is 1. The van der Waals surface area contributed by atoms with Crippen LogP contribution in [0.3, 0.4) is 0 Å². The molecule has 0 aliphatic carbocycles. The van der Waals surface area contributed by atoms with Gasteiger partial charge in [0.2, 0.25) is 0 Å². The number of hydrogen-bond donors (Lipinski definition) is 3. The van der Waals surface area contributed by atoms with Crippen molar-refractivity contribution in [3.8, 4) is 0 Å². The van der Waals surface area contributed by atoms with Crippen molar-refractivity contribution in [1.29, 1.82) is 0 Å². The molecule has 0 radical (unpaired) electrons. The van der Waals surface area contributed by atoms with E-state index in [-0.39, 0.29) is 0 Å². The number of carbonyl (C=O) groups excluding carboxylic acids is 1. The molecular formula is C11H17N3O3S. The lowest BCUT2D eigenvalue weighted by Crippen LogP contribution is -2.45. The number of urea groups is 1. The molecule has 1 aromatic heterocycles. The molecule has 1 atom stereocenters. The van der Waals surface area contributed by atoms with Crippen molar-refractivity contribution in [2.75, 3.05) is 0 Å². The molecule has 2 amide bonds. The summed E-state index contributed by atoms with van der Waals surface area (Å²) in [5.74, 6) is -1.02. The van der Waals surface area contributed by atoms with Crippen molar-refractivity contribution in [3.05, 3.63) is 16.1 Å². The maximum atomic E-state index is 11.5. The van der Waals surface area contributed by atoms with Gasteiger partial charge in [-0.25, -0.2) is 14.6 Å². The Morgan fingerprint density at radius 3 is 2.78 bits per heavy atom. The van der Waals surface area contributed by atoms with E-state index in [1.54, 1.807) is 6.20 Å². The second-order valence-corrected chi connectivity index (χ2v) is 5.19. The van der Waals surface area contributed by atoms with Gasteiger partial charge < -0.3 is 15.7 Å². The van der Waals surface area contributed by atoms with Gasteiger partial charge in [0.15, 0.2) is 0 Å². The van der Waals surface area contributed by atoms with Crippen LogP contribution in [0.2, 0.25) is 0 Å². The number of carbonyl (C=O) groups is 2. The number of hydrogen-bond acceptors (Lipinski definition) is 4. The van der Waals surface area contributed by atoms with Crippen LogP contribution in [-0.4, -0.2) is 28.1 Å². The summed E-state index contributed by atoms with van der Waals surface area (Å²) in [6.07, 6.45) is 2.85. The fourth-order valence-electron chi connectivity index (χ4n) is 1.39. The largest absolute Gasteiger partial charge is 0.480 e. The van der Waals surface area contributed by atoms with Crippen molar-refractivity contribution in [2.45, 2.75) is 39.3 Å². The number of amides is 2. The van der Waals surface area contributed by atoms with Crippen molar-refractivity contribution < 1.29 is 14.7 Å². The van der Waals surface area contributed by atoms with Gasteiger partial charge in [0, 0.05) is 11.1 Å². The van der Waals surface area contributed by atoms with E-state index in [2.05, 4.69) is 15.6 Å². The van der Waals surface area contributed by atoms with Crippen LogP contribution in [-0.2, 0) is 11.3 Å². The topological polar surface area (TPSA) is 91.3 Å². The molecule has 100 valence electrons. The zero-order valence-electron chi connectivity index (χ0n) is 10.4. The summed E-state index contributed by atoms with van der Waals surface area (Å²) >= 11 is 1.50. The molecule has 0 spiro atoms. The van der Waals surface area contributed by atoms with Crippen LogP contribution >= 0.6 is 11.3 Å². The van der Waals surface area contributed by atoms with Crippen molar-refractivity contribution in [2.24, 2.45) is 0 Å².